The molecule has 0 spiro atoms. The first-order valence-electron chi connectivity index (χ1n) is 6.55. The number of carbonyl (C=O) groups is 2. The molecule has 20 heavy (non-hydrogen) atoms. The smallest absolute Gasteiger partial charge is 0.254 e. The Balaban J connectivity index is 2.01. The van der Waals surface area contributed by atoms with Crippen molar-refractivity contribution in [2.45, 2.75) is 13.3 Å². The molecule has 6 heteroatoms. The highest BCUT2D eigenvalue weighted by Crippen LogP contribution is 2.18. The van der Waals surface area contributed by atoms with Gasteiger partial charge in [-0.3, -0.25) is 9.59 Å². The third kappa shape index (κ3) is 3.10. The van der Waals surface area contributed by atoms with Gasteiger partial charge in [0.05, 0.1) is 5.02 Å². The topological polar surface area (TPSA) is 40.6 Å². The van der Waals surface area contributed by atoms with Crippen LogP contribution in [0.25, 0.3) is 0 Å². The van der Waals surface area contributed by atoms with E-state index in [1.165, 1.54) is 18.2 Å². The Morgan fingerprint density at radius 3 is 2.35 bits per heavy atom. The zero-order chi connectivity index (χ0) is 14.7. The largest absolute Gasteiger partial charge is 0.339 e. The van der Waals surface area contributed by atoms with Gasteiger partial charge in [-0.2, -0.15) is 0 Å². The van der Waals surface area contributed by atoms with Gasteiger partial charge in [0.25, 0.3) is 5.91 Å². The van der Waals surface area contributed by atoms with Crippen LogP contribution in [0.15, 0.2) is 18.2 Å². The normalized spacial score (nSPS) is 15.3. The van der Waals surface area contributed by atoms with Gasteiger partial charge in [-0.05, 0) is 18.2 Å². The Kier molecular flexibility index (Phi) is 4.60. The number of carbonyl (C=O) groups excluding carboxylic acids is 2. The third-order valence-electron chi connectivity index (χ3n) is 3.39. The predicted octanol–water partition coefficient (Wildman–Crippen LogP) is 2.17. The lowest BCUT2D eigenvalue weighted by Gasteiger charge is -2.34. The summed E-state index contributed by atoms with van der Waals surface area (Å²) < 4.78 is 13.1. The molecule has 1 saturated heterocycles. The number of benzene rings is 1. The van der Waals surface area contributed by atoms with Gasteiger partial charge in [0.2, 0.25) is 5.91 Å². The van der Waals surface area contributed by atoms with E-state index < -0.39 is 5.82 Å². The van der Waals surface area contributed by atoms with Crippen molar-refractivity contribution < 1.29 is 14.0 Å². The monoisotopic (exact) mass is 298 g/mol. The lowest BCUT2D eigenvalue weighted by molar-refractivity contribution is -0.132. The van der Waals surface area contributed by atoms with Gasteiger partial charge in [0, 0.05) is 38.2 Å². The Morgan fingerprint density at radius 2 is 1.80 bits per heavy atom. The molecule has 4 nitrogen and oxygen atoms in total. The summed E-state index contributed by atoms with van der Waals surface area (Å²) in [4.78, 5) is 27.2. The number of hydrogen-bond donors (Lipinski definition) is 0. The van der Waals surface area contributed by atoms with E-state index in [0.29, 0.717) is 38.2 Å². The molecule has 1 aromatic carbocycles. The van der Waals surface area contributed by atoms with Gasteiger partial charge < -0.3 is 9.80 Å². The summed E-state index contributed by atoms with van der Waals surface area (Å²) in [6, 6.07) is 3.95. The van der Waals surface area contributed by atoms with Crippen molar-refractivity contribution in [2.24, 2.45) is 0 Å². The molecule has 0 atom stereocenters. The molecule has 1 fully saturated rings. The fourth-order valence-corrected chi connectivity index (χ4v) is 2.37. The van der Waals surface area contributed by atoms with Gasteiger partial charge in [0.15, 0.2) is 0 Å². The fraction of sp³-hybridized carbons (Fsp3) is 0.429. The van der Waals surface area contributed by atoms with Crippen LogP contribution in [0.3, 0.4) is 0 Å². The van der Waals surface area contributed by atoms with Gasteiger partial charge >= 0.3 is 0 Å². The Bertz CT molecular complexity index is 528. The van der Waals surface area contributed by atoms with Crippen LogP contribution in [-0.4, -0.2) is 47.8 Å². The van der Waals surface area contributed by atoms with Crippen LogP contribution in [0.4, 0.5) is 4.39 Å². The highest BCUT2D eigenvalue weighted by Gasteiger charge is 2.24. The first kappa shape index (κ1) is 14.8. The van der Waals surface area contributed by atoms with Crippen molar-refractivity contribution in [3.8, 4) is 0 Å². The summed E-state index contributed by atoms with van der Waals surface area (Å²) in [6.07, 6.45) is 0.474. The van der Waals surface area contributed by atoms with Crippen LogP contribution in [0.5, 0.6) is 0 Å². The average molecular weight is 299 g/mol. The average Bonchev–Trinajstić information content (AvgIpc) is 2.48. The second kappa shape index (κ2) is 6.22. The van der Waals surface area contributed by atoms with E-state index in [2.05, 4.69) is 0 Å². The van der Waals surface area contributed by atoms with Crippen molar-refractivity contribution >= 4 is 23.4 Å². The molecule has 0 aliphatic carbocycles. The second-order valence-electron chi connectivity index (χ2n) is 4.66. The van der Waals surface area contributed by atoms with Gasteiger partial charge in [0.1, 0.15) is 5.82 Å². The van der Waals surface area contributed by atoms with Crippen LogP contribution >= 0.6 is 11.6 Å². The number of nitrogens with zero attached hydrogens (tertiary/aromatic N) is 2. The SMILES string of the molecule is CCC(=O)N1CCN(C(=O)c2ccc(F)c(Cl)c2)CC1. The second-order valence-corrected chi connectivity index (χ2v) is 5.06. The molecule has 1 aliphatic heterocycles. The van der Waals surface area contributed by atoms with Crippen LogP contribution in [0.1, 0.15) is 23.7 Å². The molecule has 0 saturated carbocycles. The molecule has 0 unspecified atom stereocenters. The zero-order valence-corrected chi connectivity index (χ0v) is 12.0. The van der Waals surface area contributed by atoms with Crippen LogP contribution < -0.4 is 0 Å². The summed E-state index contributed by atoms with van der Waals surface area (Å²) in [6.45, 7) is 3.86. The predicted molar refractivity (Wildman–Crippen MR) is 74.2 cm³/mol. The molecule has 0 N–H and O–H groups in total. The van der Waals surface area contributed by atoms with Crippen molar-refractivity contribution in [3.05, 3.63) is 34.6 Å². The Labute approximate surface area is 122 Å². The number of amides is 2. The molecule has 108 valence electrons. The molecule has 2 amide bonds. The minimum absolute atomic E-state index is 0.0596. The van der Waals surface area contributed by atoms with Crippen LogP contribution in [0, 0.1) is 5.82 Å². The number of halogens is 2. The first-order valence-corrected chi connectivity index (χ1v) is 6.92. The van der Waals surface area contributed by atoms with Crippen molar-refractivity contribution in [1.82, 2.24) is 9.80 Å². The van der Waals surface area contributed by atoms with E-state index in [-0.39, 0.29) is 16.8 Å². The molecule has 1 heterocycles. The molecular formula is C14H16ClFN2O2. The Morgan fingerprint density at radius 1 is 1.20 bits per heavy atom. The van der Waals surface area contributed by atoms with E-state index in [1.807, 2.05) is 6.92 Å². The standard InChI is InChI=1S/C14H16ClFN2O2/c1-2-13(19)17-5-7-18(8-6-17)14(20)10-3-4-12(16)11(15)9-10/h3-4,9H,2,5-8H2,1H3. The quantitative estimate of drug-likeness (QED) is 0.839. The van der Waals surface area contributed by atoms with E-state index in [0.717, 1.165) is 0 Å². The van der Waals surface area contributed by atoms with Crippen molar-refractivity contribution in [1.29, 1.82) is 0 Å². The van der Waals surface area contributed by atoms with E-state index in [1.54, 1.807) is 9.80 Å². The van der Waals surface area contributed by atoms with Gasteiger partial charge in [-0.1, -0.05) is 18.5 Å². The van der Waals surface area contributed by atoms with E-state index in [9.17, 15) is 14.0 Å². The van der Waals surface area contributed by atoms with Crippen LogP contribution in [0.2, 0.25) is 5.02 Å². The van der Waals surface area contributed by atoms with E-state index >= 15 is 0 Å². The maximum atomic E-state index is 13.1. The first-order chi connectivity index (χ1) is 9.52. The summed E-state index contributed by atoms with van der Waals surface area (Å²) in [5.74, 6) is -0.626. The molecule has 0 bridgehead atoms. The zero-order valence-electron chi connectivity index (χ0n) is 11.2. The number of rotatable bonds is 2. The molecular weight excluding hydrogens is 283 g/mol. The lowest BCUT2D eigenvalue weighted by Crippen LogP contribution is -2.50. The third-order valence-corrected chi connectivity index (χ3v) is 3.68. The molecule has 1 aromatic rings. The van der Waals surface area contributed by atoms with Gasteiger partial charge in [-0.25, -0.2) is 4.39 Å². The van der Waals surface area contributed by atoms with E-state index in [4.69, 9.17) is 11.6 Å². The number of piperazine rings is 1. The summed E-state index contributed by atoms with van der Waals surface area (Å²) in [5.41, 5.74) is 0.367. The highest BCUT2D eigenvalue weighted by atomic mass is 35.5. The summed E-state index contributed by atoms with van der Waals surface area (Å²) in [7, 11) is 0. The highest BCUT2D eigenvalue weighted by molar-refractivity contribution is 6.31. The van der Waals surface area contributed by atoms with Crippen LogP contribution in [-0.2, 0) is 4.79 Å². The van der Waals surface area contributed by atoms with Crippen molar-refractivity contribution in [2.75, 3.05) is 26.2 Å². The fourth-order valence-electron chi connectivity index (χ4n) is 2.19. The Hall–Kier alpha value is -1.62. The summed E-state index contributed by atoms with van der Waals surface area (Å²) in [5, 5.41) is -0.0596. The number of hydrogen-bond acceptors (Lipinski definition) is 2. The summed E-state index contributed by atoms with van der Waals surface area (Å²) >= 11 is 5.68. The molecule has 1 aliphatic rings. The molecule has 0 aromatic heterocycles. The van der Waals surface area contributed by atoms with Crippen molar-refractivity contribution in [3.63, 3.8) is 0 Å². The minimum atomic E-state index is -0.540. The maximum Gasteiger partial charge on any atom is 0.254 e. The van der Waals surface area contributed by atoms with Gasteiger partial charge in [-0.15, -0.1) is 0 Å². The lowest BCUT2D eigenvalue weighted by atomic mass is 10.1. The maximum absolute atomic E-state index is 13.1. The molecule has 0 radical (unpaired) electrons. The molecule has 2 rings (SSSR count). The minimum Gasteiger partial charge on any atom is -0.339 e.